The molecule has 0 atom stereocenters. The predicted octanol–water partition coefficient (Wildman–Crippen LogP) is 11.7. The standard InChI is InChI=1S/C39H22N2S2/c1-2-10-24-22-34-30(21-23(24)9-1)27-13-5-7-15-32(27)41(34)33-19-17-28(25-11-3-4-12-26(25)33)39-40-31-18-20-36-37(38(31)43-39)29-14-6-8-16-35(29)42-36/h1-22H. The molecule has 0 aliphatic carbocycles. The molecular formula is C39H22N2S2. The molecule has 0 unspecified atom stereocenters. The lowest BCUT2D eigenvalue weighted by atomic mass is 10.0. The summed E-state index contributed by atoms with van der Waals surface area (Å²) in [5, 5.41) is 11.2. The first kappa shape index (κ1) is 23.5. The van der Waals surface area contributed by atoms with Gasteiger partial charge in [-0.25, -0.2) is 4.98 Å². The van der Waals surface area contributed by atoms with Gasteiger partial charge in [0.2, 0.25) is 0 Å². The van der Waals surface area contributed by atoms with Crippen molar-refractivity contribution in [1.82, 2.24) is 9.55 Å². The minimum absolute atomic E-state index is 1.06. The molecule has 10 aromatic rings. The highest BCUT2D eigenvalue weighted by Gasteiger charge is 2.19. The maximum absolute atomic E-state index is 5.21. The van der Waals surface area contributed by atoms with Crippen LogP contribution in [-0.4, -0.2) is 9.55 Å². The Morgan fingerprint density at radius 1 is 0.488 bits per heavy atom. The second-order valence-corrected chi connectivity index (χ2v) is 13.2. The summed E-state index contributed by atoms with van der Waals surface area (Å²) in [5.41, 5.74) is 5.88. The Kier molecular flexibility index (Phi) is 4.78. The van der Waals surface area contributed by atoms with Gasteiger partial charge in [-0.05, 0) is 64.7 Å². The number of fused-ring (bicyclic) bond motifs is 10. The van der Waals surface area contributed by atoms with Gasteiger partial charge in [0, 0.05) is 41.9 Å². The van der Waals surface area contributed by atoms with Crippen molar-refractivity contribution >= 4 is 96.4 Å². The lowest BCUT2D eigenvalue weighted by Crippen LogP contribution is -1.96. The van der Waals surface area contributed by atoms with E-state index in [2.05, 4.69) is 138 Å². The molecule has 0 aliphatic heterocycles. The monoisotopic (exact) mass is 582 g/mol. The van der Waals surface area contributed by atoms with Crippen LogP contribution in [0.4, 0.5) is 0 Å². The van der Waals surface area contributed by atoms with Crippen molar-refractivity contribution in [2.75, 3.05) is 0 Å². The third-order valence-corrected chi connectivity index (χ3v) is 11.1. The van der Waals surface area contributed by atoms with E-state index in [9.17, 15) is 0 Å². The number of nitrogens with zero attached hydrogens (tertiary/aromatic N) is 2. The second-order valence-electron chi connectivity index (χ2n) is 11.2. The summed E-state index contributed by atoms with van der Waals surface area (Å²) < 4.78 is 6.37. The molecule has 0 saturated carbocycles. The Hall–Kier alpha value is -5.03. The summed E-state index contributed by atoms with van der Waals surface area (Å²) in [6.07, 6.45) is 0. The van der Waals surface area contributed by atoms with E-state index in [1.807, 2.05) is 22.7 Å². The fraction of sp³-hybridized carbons (Fsp3) is 0. The number of thiazole rings is 1. The summed E-state index contributed by atoms with van der Waals surface area (Å²) in [7, 11) is 0. The molecule has 0 fully saturated rings. The fourth-order valence-electron chi connectivity index (χ4n) is 6.89. The Morgan fingerprint density at radius 3 is 2.09 bits per heavy atom. The number of rotatable bonds is 2. The molecular weight excluding hydrogens is 561 g/mol. The molecule has 7 aromatic carbocycles. The van der Waals surface area contributed by atoms with Gasteiger partial charge < -0.3 is 4.57 Å². The van der Waals surface area contributed by atoms with Crippen molar-refractivity contribution in [3.63, 3.8) is 0 Å². The lowest BCUT2D eigenvalue weighted by molar-refractivity contribution is 1.20. The van der Waals surface area contributed by atoms with Crippen molar-refractivity contribution < 1.29 is 0 Å². The van der Waals surface area contributed by atoms with Crippen molar-refractivity contribution in [3.8, 4) is 16.3 Å². The Labute approximate surface area is 254 Å². The molecule has 0 saturated heterocycles. The molecule has 0 N–H and O–H groups in total. The quantitative estimate of drug-likeness (QED) is 0.198. The van der Waals surface area contributed by atoms with Crippen LogP contribution < -0.4 is 0 Å². The van der Waals surface area contributed by atoms with Crippen LogP contribution in [0.5, 0.6) is 0 Å². The average Bonchev–Trinajstić information content (AvgIpc) is 3.75. The number of hydrogen-bond donors (Lipinski definition) is 0. The van der Waals surface area contributed by atoms with Crippen molar-refractivity contribution in [1.29, 1.82) is 0 Å². The van der Waals surface area contributed by atoms with Crippen LogP contribution in [0.15, 0.2) is 133 Å². The van der Waals surface area contributed by atoms with E-state index in [1.165, 1.54) is 79.5 Å². The normalized spacial score (nSPS) is 12.2. The highest BCUT2D eigenvalue weighted by Crippen LogP contribution is 2.44. The molecule has 0 amide bonds. The van der Waals surface area contributed by atoms with Crippen LogP contribution in [-0.2, 0) is 0 Å². The third kappa shape index (κ3) is 3.30. The van der Waals surface area contributed by atoms with Gasteiger partial charge in [-0.15, -0.1) is 22.7 Å². The lowest BCUT2D eigenvalue weighted by Gasteiger charge is -2.14. The fourth-order valence-corrected chi connectivity index (χ4v) is 9.23. The topological polar surface area (TPSA) is 17.8 Å². The first-order valence-corrected chi connectivity index (χ1v) is 16.1. The molecule has 0 bridgehead atoms. The molecule has 43 heavy (non-hydrogen) atoms. The SMILES string of the molecule is c1ccc2cc3c(cc2c1)c1ccccc1n3-c1ccc(-c2nc3ccc4sc5ccccc5c4c3s2)c2ccccc12. The van der Waals surface area contributed by atoms with E-state index in [0.29, 0.717) is 0 Å². The minimum atomic E-state index is 1.06. The smallest absolute Gasteiger partial charge is 0.125 e. The number of benzene rings is 7. The van der Waals surface area contributed by atoms with Gasteiger partial charge in [0.05, 0.1) is 26.9 Å². The summed E-state index contributed by atoms with van der Waals surface area (Å²) >= 11 is 3.68. The summed E-state index contributed by atoms with van der Waals surface area (Å²) in [5.74, 6) is 0. The summed E-state index contributed by atoms with van der Waals surface area (Å²) in [4.78, 5) is 5.21. The van der Waals surface area contributed by atoms with Crippen molar-refractivity contribution in [3.05, 3.63) is 133 Å². The Morgan fingerprint density at radius 2 is 1.21 bits per heavy atom. The molecule has 0 spiro atoms. The number of aromatic nitrogens is 2. The zero-order chi connectivity index (χ0) is 28.1. The highest BCUT2D eigenvalue weighted by molar-refractivity contribution is 7.28. The zero-order valence-electron chi connectivity index (χ0n) is 22.9. The van der Waals surface area contributed by atoms with Gasteiger partial charge in [0.15, 0.2) is 0 Å². The third-order valence-electron chi connectivity index (χ3n) is 8.81. The van der Waals surface area contributed by atoms with Gasteiger partial charge >= 0.3 is 0 Å². The maximum Gasteiger partial charge on any atom is 0.125 e. The number of para-hydroxylation sites is 1. The van der Waals surface area contributed by atoms with E-state index < -0.39 is 0 Å². The van der Waals surface area contributed by atoms with E-state index in [1.54, 1.807) is 0 Å². The zero-order valence-corrected chi connectivity index (χ0v) is 24.5. The highest BCUT2D eigenvalue weighted by atomic mass is 32.1. The molecule has 3 heterocycles. The molecule has 4 heteroatoms. The first-order valence-electron chi connectivity index (χ1n) is 14.5. The molecule has 3 aromatic heterocycles. The summed E-state index contributed by atoms with van der Waals surface area (Å²) in [6, 6.07) is 48.6. The molecule has 10 rings (SSSR count). The maximum atomic E-state index is 5.21. The van der Waals surface area contributed by atoms with Gasteiger partial charge in [-0.3, -0.25) is 0 Å². The van der Waals surface area contributed by atoms with Gasteiger partial charge in [-0.2, -0.15) is 0 Å². The first-order chi connectivity index (χ1) is 21.3. The molecule has 2 nitrogen and oxygen atoms in total. The van der Waals surface area contributed by atoms with Gasteiger partial charge in [-0.1, -0.05) is 84.9 Å². The van der Waals surface area contributed by atoms with Crippen LogP contribution in [0.1, 0.15) is 0 Å². The van der Waals surface area contributed by atoms with Crippen LogP contribution in [0.2, 0.25) is 0 Å². The van der Waals surface area contributed by atoms with Gasteiger partial charge in [0.25, 0.3) is 0 Å². The van der Waals surface area contributed by atoms with Crippen LogP contribution in [0, 0.1) is 0 Å². The van der Waals surface area contributed by atoms with E-state index in [-0.39, 0.29) is 0 Å². The molecule has 0 aliphatic rings. The van der Waals surface area contributed by atoms with Crippen molar-refractivity contribution in [2.24, 2.45) is 0 Å². The van der Waals surface area contributed by atoms with E-state index in [4.69, 9.17) is 4.98 Å². The van der Waals surface area contributed by atoms with Gasteiger partial charge in [0.1, 0.15) is 5.01 Å². The number of hydrogen-bond acceptors (Lipinski definition) is 3. The van der Waals surface area contributed by atoms with E-state index in [0.717, 1.165) is 10.5 Å². The van der Waals surface area contributed by atoms with Crippen LogP contribution >= 0.6 is 22.7 Å². The van der Waals surface area contributed by atoms with Crippen molar-refractivity contribution in [2.45, 2.75) is 0 Å². The minimum Gasteiger partial charge on any atom is -0.309 e. The predicted molar refractivity (Wildman–Crippen MR) is 187 cm³/mol. The second kappa shape index (κ2) is 8.74. The Bertz CT molecular complexity index is 2740. The molecule has 0 radical (unpaired) electrons. The number of thiophene rings is 1. The average molecular weight is 583 g/mol. The summed E-state index contributed by atoms with van der Waals surface area (Å²) in [6.45, 7) is 0. The Balaban J connectivity index is 1.25. The molecule has 200 valence electrons. The van der Waals surface area contributed by atoms with Crippen LogP contribution in [0.3, 0.4) is 0 Å². The van der Waals surface area contributed by atoms with E-state index >= 15 is 0 Å². The largest absolute Gasteiger partial charge is 0.309 e. The van der Waals surface area contributed by atoms with Crippen LogP contribution in [0.25, 0.3) is 90.0 Å².